The molecule has 0 unspecified atom stereocenters. The Morgan fingerprint density at radius 3 is 2.03 bits per heavy atom. The van der Waals surface area contributed by atoms with Crippen LogP contribution in [-0.2, 0) is 26.9 Å². The SMILES string of the molecule is COC(=O)[C@@H](Cc1ccc(-c2ccccc2)cc1)NC(=O)[C@H](O)c1ccc(C(F)(F)F)cc1. The van der Waals surface area contributed by atoms with Crippen molar-refractivity contribution >= 4 is 11.9 Å². The molecular formula is C25H22F3NO4. The van der Waals surface area contributed by atoms with Gasteiger partial charge in [0, 0.05) is 6.42 Å². The van der Waals surface area contributed by atoms with Gasteiger partial charge >= 0.3 is 12.1 Å². The Morgan fingerprint density at radius 1 is 0.909 bits per heavy atom. The second-order valence-electron chi connectivity index (χ2n) is 7.37. The molecule has 0 aliphatic carbocycles. The van der Waals surface area contributed by atoms with Gasteiger partial charge in [-0.25, -0.2) is 4.79 Å². The number of carbonyl (C=O) groups is 2. The standard InChI is InChI=1S/C25H22F3NO4/c1-33-24(32)21(15-16-7-9-18(10-8-16)17-5-3-2-4-6-17)29-23(31)22(30)19-11-13-20(14-12-19)25(26,27)28/h2-14,21-22,30H,15H2,1H3,(H,29,31)/t21-,22-/m1/s1. The van der Waals surface area contributed by atoms with E-state index in [-0.39, 0.29) is 12.0 Å². The molecule has 3 aromatic carbocycles. The predicted octanol–water partition coefficient (Wildman–Crippen LogP) is 4.31. The monoisotopic (exact) mass is 457 g/mol. The molecule has 0 fully saturated rings. The van der Waals surface area contributed by atoms with Crippen molar-refractivity contribution in [3.63, 3.8) is 0 Å². The summed E-state index contributed by atoms with van der Waals surface area (Å²) in [5.74, 6) is -1.64. The topological polar surface area (TPSA) is 75.6 Å². The van der Waals surface area contributed by atoms with Crippen molar-refractivity contribution in [2.24, 2.45) is 0 Å². The molecular weight excluding hydrogens is 435 g/mol. The number of hydrogen-bond donors (Lipinski definition) is 2. The van der Waals surface area contributed by atoms with Crippen molar-refractivity contribution in [1.82, 2.24) is 5.32 Å². The van der Waals surface area contributed by atoms with Crippen molar-refractivity contribution < 1.29 is 32.6 Å². The lowest BCUT2D eigenvalue weighted by molar-refractivity contribution is -0.146. The normalized spacial score (nSPS) is 13.1. The fourth-order valence-corrected chi connectivity index (χ4v) is 3.29. The minimum atomic E-state index is -4.53. The van der Waals surface area contributed by atoms with E-state index in [0.717, 1.165) is 41.0 Å². The molecule has 172 valence electrons. The van der Waals surface area contributed by atoms with Crippen molar-refractivity contribution in [1.29, 1.82) is 0 Å². The van der Waals surface area contributed by atoms with E-state index in [9.17, 15) is 27.9 Å². The lowest BCUT2D eigenvalue weighted by atomic mass is 10.00. The largest absolute Gasteiger partial charge is 0.467 e. The maximum absolute atomic E-state index is 12.7. The Hall–Kier alpha value is -3.65. The van der Waals surface area contributed by atoms with Gasteiger partial charge in [-0.3, -0.25) is 4.79 Å². The Balaban J connectivity index is 1.70. The third kappa shape index (κ3) is 6.20. The van der Waals surface area contributed by atoms with Gasteiger partial charge in [0.2, 0.25) is 0 Å². The van der Waals surface area contributed by atoms with Gasteiger partial charge in [0.25, 0.3) is 5.91 Å². The first-order chi connectivity index (χ1) is 15.7. The zero-order valence-electron chi connectivity index (χ0n) is 17.7. The summed E-state index contributed by atoms with van der Waals surface area (Å²) >= 11 is 0. The van der Waals surface area contributed by atoms with Crippen LogP contribution in [0, 0.1) is 0 Å². The number of nitrogens with one attached hydrogen (secondary N) is 1. The van der Waals surface area contributed by atoms with Gasteiger partial charge in [0.05, 0.1) is 12.7 Å². The zero-order chi connectivity index (χ0) is 24.0. The van der Waals surface area contributed by atoms with Gasteiger partial charge in [-0.15, -0.1) is 0 Å². The van der Waals surface area contributed by atoms with Gasteiger partial charge < -0.3 is 15.2 Å². The number of benzene rings is 3. The molecule has 0 aromatic heterocycles. The quantitative estimate of drug-likeness (QED) is 0.519. The highest BCUT2D eigenvalue weighted by Gasteiger charge is 2.31. The molecule has 0 spiro atoms. The molecule has 3 aromatic rings. The summed E-state index contributed by atoms with van der Waals surface area (Å²) in [6, 6.07) is 19.6. The van der Waals surface area contributed by atoms with Crippen LogP contribution in [0.3, 0.4) is 0 Å². The Labute approximate surface area is 188 Å². The minimum Gasteiger partial charge on any atom is -0.467 e. The predicted molar refractivity (Wildman–Crippen MR) is 116 cm³/mol. The van der Waals surface area contributed by atoms with Gasteiger partial charge in [-0.05, 0) is 34.4 Å². The highest BCUT2D eigenvalue weighted by Crippen LogP contribution is 2.30. The molecule has 2 atom stereocenters. The third-order valence-electron chi connectivity index (χ3n) is 5.11. The van der Waals surface area contributed by atoms with Crippen molar-refractivity contribution in [3.05, 3.63) is 95.6 Å². The number of halogens is 3. The van der Waals surface area contributed by atoms with E-state index in [1.165, 1.54) is 7.11 Å². The number of methoxy groups -OCH3 is 1. The zero-order valence-corrected chi connectivity index (χ0v) is 17.7. The Morgan fingerprint density at radius 2 is 1.48 bits per heavy atom. The van der Waals surface area contributed by atoms with Crippen LogP contribution in [0.5, 0.6) is 0 Å². The number of hydrogen-bond acceptors (Lipinski definition) is 4. The summed E-state index contributed by atoms with van der Waals surface area (Å²) in [5, 5.41) is 12.7. The van der Waals surface area contributed by atoms with Crippen LogP contribution in [0.15, 0.2) is 78.9 Å². The first kappa shape index (κ1) is 24.0. The molecule has 0 aliphatic heterocycles. The average Bonchev–Trinajstić information content (AvgIpc) is 2.83. The molecule has 0 bridgehead atoms. The molecule has 0 radical (unpaired) electrons. The summed E-state index contributed by atoms with van der Waals surface area (Å²) in [4.78, 5) is 24.7. The van der Waals surface area contributed by atoms with Crippen LogP contribution in [-0.4, -0.2) is 30.1 Å². The van der Waals surface area contributed by atoms with Crippen LogP contribution in [0.4, 0.5) is 13.2 Å². The van der Waals surface area contributed by atoms with Gasteiger partial charge in [-0.1, -0.05) is 66.7 Å². The van der Waals surface area contributed by atoms with Crippen LogP contribution >= 0.6 is 0 Å². The summed E-state index contributed by atoms with van der Waals surface area (Å²) < 4.78 is 42.9. The number of rotatable bonds is 7. The molecule has 33 heavy (non-hydrogen) atoms. The number of aliphatic hydroxyl groups is 1. The number of aliphatic hydroxyl groups excluding tert-OH is 1. The van der Waals surface area contributed by atoms with Crippen LogP contribution < -0.4 is 5.32 Å². The third-order valence-corrected chi connectivity index (χ3v) is 5.11. The molecule has 0 saturated heterocycles. The van der Waals surface area contributed by atoms with E-state index in [1.807, 2.05) is 54.6 Å². The summed E-state index contributed by atoms with van der Waals surface area (Å²) in [6.07, 6.45) is -6.18. The van der Waals surface area contributed by atoms with Crippen LogP contribution in [0.2, 0.25) is 0 Å². The molecule has 3 rings (SSSR count). The van der Waals surface area contributed by atoms with E-state index in [2.05, 4.69) is 5.32 Å². The molecule has 1 amide bonds. The molecule has 5 nitrogen and oxygen atoms in total. The number of esters is 1. The first-order valence-electron chi connectivity index (χ1n) is 10.1. The maximum Gasteiger partial charge on any atom is 0.416 e. The number of alkyl halides is 3. The number of amides is 1. The van der Waals surface area contributed by atoms with Crippen molar-refractivity contribution in [3.8, 4) is 11.1 Å². The summed E-state index contributed by atoms with van der Waals surface area (Å²) in [5.41, 5.74) is 1.83. The van der Waals surface area contributed by atoms with Crippen molar-refractivity contribution in [2.75, 3.05) is 7.11 Å². The lowest BCUT2D eigenvalue weighted by Crippen LogP contribution is -2.45. The second kappa shape index (κ2) is 10.3. The van der Waals surface area contributed by atoms with Crippen LogP contribution in [0.1, 0.15) is 22.8 Å². The Kier molecular flexibility index (Phi) is 7.50. The first-order valence-corrected chi connectivity index (χ1v) is 10.1. The number of ether oxygens (including phenoxy) is 1. The maximum atomic E-state index is 12.7. The highest BCUT2D eigenvalue weighted by molar-refractivity contribution is 5.87. The van der Waals surface area contributed by atoms with Gasteiger partial charge in [0.1, 0.15) is 6.04 Å². The fourth-order valence-electron chi connectivity index (χ4n) is 3.29. The lowest BCUT2D eigenvalue weighted by Gasteiger charge is -2.19. The fraction of sp³-hybridized carbons (Fsp3) is 0.200. The smallest absolute Gasteiger partial charge is 0.416 e. The average molecular weight is 457 g/mol. The van der Waals surface area contributed by atoms with Gasteiger partial charge in [-0.2, -0.15) is 13.2 Å². The highest BCUT2D eigenvalue weighted by atomic mass is 19.4. The van der Waals surface area contributed by atoms with Gasteiger partial charge in [0.15, 0.2) is 6.10 Å². The molecule has 0 aliphatic rings. The minimum absolute atomic E-state index is 0.0312. The summed E-state index contributed by atoms with van der Waals surface area (Å²) in [7, 11) is 1.17. The second-order valence-corrected chi connectivity index (χ2v) is 7.37. The molecule has 2 N–H and O–H groups in total. The molecule has 8 heteroatoms. The van der Waals surface area contributed by atoms with E-state index >= 15 is 0 Å². The van der Waals surface area contributed by atoms with E-state index in [4.69, 9.17) is 4.74 Å². The number of carbonyl (C=O) groups excluding carboxylic acids is 2. The summed E-state index contributed by atoms with van der Waals surface area (Å²) in [6.45, 7) is 0. The van der Waals surface area contributed by atoms with Crippen molar-refractivity contribution in [2.45, 2.75) is 24.7 Å². The molecule has 0 saturated carbocycles. The van der Waals surface area contributed by atoms with E-state index in [0.29, 0.717) is 0 Å². The van der Waals surface area contributed by atoms with E-state index in [1.54, 1.807) is 0 Å². The molecule has 0 heterocycles. The van der Waals surface area contributed by atoms with E-state index < -0.39 is 35.8 Å². The van der Waals surface area contributed by atoms with Crippen LogP contribution in [0.25, 0.3) is 11.1 Å². The Bertz CT molecular complexity index is 1080.